The molecule has 3 nitrogen and oxygen atoms in total. The first-order valence-electron chi connectivity index (χ1n) is 9.13. The van der Waals surface area contributed by atoms with E-state index in [0.717, 1.165) is 22.2 Å². The predicted octanol–water partition coefficient (Wildman–Crippen LogP) is 6.10. The van der Waals surface area contributed by atoms with Crippen LogP contribution in [0.1, 0.15) is 56.9 Å². The first-order valence-corrected chi connectivity index (χ1v) is 10.7. The van der Waals surface area contributed by atoms with Gasteiger partial charge in [-0.3, -0.25) is 4.31 Å². The molecule has 0 aromatic heterocycles. The number of hydrogen-bond donors (Lipinski definition) is 0. The van der Waals surface area contributed by atoms with Crippen molar-refractivity contribution >= 4 is 40.1 Å². The summed E-state index contributed by atoms with van der Waals surface area (Å²) in [7, 11) is 2.12. The maximum Gasteiger partial charge on any atom is 0.102 e. The molecule has 2 fully saturated rings. The lowest BCUT2D eigenvalue weighted by atomic mass is 10.2. The van der Waals surface area contributed by atoms with Crippen molar-refractivity contribution in [2.45, 2.75) is 70.4 Å². The standard InChI is InChI=1S/C19H28BrN3S/c1-15-13-16(20)11-12-19(15)21-14-22(2)24-23(17-7-3-4-8-17)18-9-5-6-10-18/h11-14,17-18H,3-10H2,1-2H3. The average molecular weight is 410 g/mol. The highest BCUT2D eigenvalue weighted by atomic mass is 79.9. The summed E-state index contributed by atoms with van der Waals surface area (Å²) in [4.78, 5) is 4.69. The van der Waals surface area contributed by atoms with Crippen molar-refractivity contribution in [3.05, 3.63) is 28.2 Å². The van der Waals surface area contributed by atoms with Gasteiger partial charge in [0.1, 0.15) is 6.34 Å². The van der Waals surface area contributed by atoms with E-state index in [-0.39, 0.29) is 0 Å². The second-order valence-corrected chi connectivity index (χ2v) is 9.12. The van der Waals surface area contributed by atoms with Crippen molar-refractivity contribution in [2.75, 3.05) is 7.05 Å². The predicted molar refractivity (Wildman–Crippen MR) is 109 cm³/mol. The van der Waals surface area contributed by atoms with Crippen LogP contribution in [-0.4, -0.2) is 34.1 Å². The molecule has 0 aliphatic heterocycles. The highest BCUT2D eigenvalue weighted by Gasteiger charge is 2.32. The van der Waals surface area contributed by atoms with Gasteiger partial charge in [-0.25, -0.2) is 9.30 Å². The summed E-state index contributed by atoms with van der Waals surface area (Å²) in [5.74, 6) is 0. The fourth-order valence-corrected chi connectivity index (χ4v) is 5.38. The lowest BCUT2D eigenvalue weighted by Crippen LogP contribution is -2.37. The number of halogens is 1. The van der Waals surface area contributed by atoms with Gasteiger partial charge in [-0.2, -0.15) is 0 Å². The van der Waals surface area contributed by atoms with Crippen LogP contribution in [0.2, 0.25) is 0 Å². The number of aryl methyl sites for hydroxylation is 1. The van der Waals surface area contributed by atoms with E-state index >= 15 is 0 Å². The maximum atomic E-state index is 4.69. The minimum absolute atomic E-state index is 0.753. The highest BCUT2D eigenvalue weighted by molar-refractivity contribution is 9.10. The van der Waals surface area contributed by atoms with E-state index in [9.17, 15) is 0 Å². The molecule has 0 spiro atoms. The Morgan fingerprint density at radius 1 is 1.08 bits per heavy atom. The molecule has 1 aromatic carbocycles. The first kappa shape index (κ1) is 18.3. The van der Waals surface area contributed by atoms with Gasteiger partial charge < -0.3 is 0 Å². The molecule has 0 amide bonds. The molecule has 0 N–H and O–H groups in total. The molecule has 0 atom stereocenters. The molecule has 0 heterocycles. The monoisotopic (exact) mass is 409 g/mol. The highest BCUT2D eigenvalue weighted by Crippen LogP contribution is 2.36. The van der Waals surface area contributed by atoms with E-state index in [1.807, 2.05) is 18.5 Å². The Labute approximate surface area is 159 Å². The molecule has 24 heavy (non-hydrogen) atoms. The topological polar surface area (TPSA) is 18.8 Å². The number of benzene rings is 1. The van der Waals surface area contributed by atoms with E-state index in [1.165, 1.54) is 56.9 Å². The maximum absolute atomic E-state index is 4.69. The Balaban J connectivity index is 1.63. The average Bonchev–Trinajstić information content (AvgIpc) is 3.25. The summed E-state index contributed by atoms with van der Waals surface area (Å²) >= 11 is 5.39. The number of hydrogen-bond acceptors (Lipinski definition) is 3. The van der Waals surface area contributed by atoms with Gasteiger partial charge in [0.25, 0.3) is 0 Å². The van der Waals surface area contributed by atoms with Crippen molar-refractivity contribution in [1.82, 2.24) is 8.61 Å². The van der Waals surface area contributed by atoms with Crippen molar-refractivity contribution in [1.29, 1.82) is 0 Å². The minimum Gasteiger partial charge on any atom is -0.297 e. The summed E-state index contributed by atoms with van der Waals surface area (Å²) in [5.41, 5.74) is 2.24. The molecule has 132 valence electrons. The second-order valence-electron chi connectivity index (χ2n) is 7.04. The molecular weight excluding hydrogens is 382 g/mol. The van der Waals surface area contributed by atoms with Gasteiger partial charge in [-0.15, -0.1) is 0 Å². The molecule has 2 saturated carbocycles. The van der Waals surface area contributed by atoms with Gasteiger partial charge in [-0.1, -0.05) is 41.6 Å². The van der Waals surface area contributed by atoms with Crippen LogP contribution >= 0.6 is 28.1 Å². The number of aliphatic imine (C=N–C) groups is 1. The Hall–Kier alpha value is -0.520. The molecule has 0 unspecified atom stereocenters. The Bertz CT molecular complexity index is 550. The van der Waals surface area contributed by atoms with Crippen LogP contribution in [0, 0.1) is 6.92 Å². The van der Waals surface area contributed by atoms with Gasteiger partial charge in [-0.05, 0) is 56.4 Å². The SMILES string of the molecule is Cc1cc(Br)ccc1N=CN(C)SN(C1CCCC1)C1CCCC1. The summed E-state index contributed by atoms with van der Waals surface area (Å²) in [6.07, 6.45) is 13.0. The van der Waals surface area contributed by atoms with Crippen LogP contribution in [0.15, 0.2) is 27.7 Å². The van der Waals surface area contributed by atoms with Crippen molar-refractivity contribution in [3.63, 3.8) is 0 Å². The minimum atomic E-state index is 0.753. The normalized spacial score (nSPS) is 19.8. The molecule has 2 aliphatic carbocycles. The molecule has 0 bridgehead atoms. The van der Waals surface area contributed by atoms with Crippen LogP contribution in [0.3, 0.4) is 0 Å². The largest absolute Gasteiger partial charge is 0.297 e. The van der Waals surface area contributed by atoms with Crippen molar-refractivity contribution < 1.29 is 0 Å². The summed E-state index contributed by atoms with van der Waals surface area (Å²) in [6, 6.07) is 7.74. The Morgan fingerprint density at radius 2 is 1.67 bits per heavy atom. The van der Waals surface area contributed by atoms with Gasteiger partial charge in [0.15, 0.2) is 0 Å². The quantitative estimate of drug-likeness (QED) is 0.321. The van der Waals surface area contributed by atoms with Crippen molar-refractivity contribution in [3.8, 4) is 0 Å². The van der Waals surface area contributed by atoms with Gasteiger partial charge >= 0.3 is 0 Å². The second kappa shape index (κ2) is 8.72. The van der Waals surface area contributed by atoms with E-state index in [4.69, 9.17) is 0 Å². The van der Waals surface area contributed by atoms with Crippen LogP contribution in [0.5, 0.6) is 0 Å². The van der Waals surface area contributed by atoms with Crippen LogP contribution in [0.4, 0.5) is 5.69 Å². The van der Waals surface area contributed by atoms with Gasteiger partial charge in [0.2, 0.25) is 0 Å². The fourth-order valence-electron chi connectivity index (χ4n) is 3.83. The number of nitrogens with zero attached hydrogens (tertiary/aromatic N) is 3. The zero-order valence-electron chi connectivity index (χ0n) is 14.7. The summed E-state index contributed by atoms with van der Waals surface area (Å²) in [5, 5.41) is 0. The number of rotatable bonds is 6. The molecular formula is C19H28BrN3S. The Morgan fingerprint density at radius 3 is 2.21 bits per heavy atom. The molecule has 1 aromatic rings. The van der Waals surface area contributed by atoms with E-state index in [2.05, 4.69) is 61.7 Å². The lowest BCUT2D eigenvalue weighted by Gasteiger charge is -2.34. The van der Waals surface area contributed by atoms with Crippen LogP contribution in [0.25, 0.3) is 0 Å². The summed E-state index contributed by atoms with van der Waals surface area (Å²) < 4.78 is 5.98. The molecule has 5 heteroatoms. The van der Waals surface area contributed by atoms with E-state index < -0.39 is 0 Å². The van der Waals surface area contributed by atoms with Crippen LogP contribution < -0.4 is 0 Å². The van der Waals surface area contributed by atoms with Gasteiger partial charge in [0.05, 0.1) is 5.69 Å². The first-order chi connectivity index (χ1) is 11.6. The fraction of sp³-hybridized carbons (Fsp3) is 0.632. The smallest absolute Gasteiger partial charge is 0.102 e. The van der Waals surface area contributed by atoms with Crippen molar-refractivity contribution in [2.24, 2.45) is 4.99 Å². The molecule has 3 rings (SSSR count). The summed E-state index contributed by atoms with van der Waals surface area (Å²) in [6.45, 7) is 2.11. The van der Waals surface area contributed by atoms with Crippen LogP contribution in [-0.2, 0) is 0 Å². The third-order valence-electron chi connectivity index (χ3n) is 5.11. The van der Waals surface area contributed by atoms with E-state index in [0.29, 0.717) is 0 Å². The molecule has 0 saturated heterocycles. The Kier molecular flexibility index (Phi) is 6.64. The van der Waals surface area contributed by atoms with E-state index in [1.54, 1.807) is 0 Å². The molecule has 2 aliphatic rings. The lowest BCUT2D eigenvalue weighted by molar-refractivity contribution is 0.272. The molecule has 0 radical (unpaired) electrons. The zero-order valence-corrected chi connectivity index (χ0v) is 17.2. The third kappa shape index (κ3) is 4.77. The third-order valence-corrected chi connectivity index (χ3v) is 6.74. The van der Waals surface area contributed by atoms with Gasteiger partial charge in [0, 0.05) is 35.7 Å². The zero-order chi connectivity index (χ0) is 16.9.